The minimum atomic E-state index is -1.18. The third kappa shape index (κ3) is 3.06. The third-order valence-electron chi connectivity index (χ3n) is 2.12. The van der Waals surface area contributed by atoms with Gasteiger partial charge in [0.05, 0.1) is 5.75 Å². The largest absolute Gasteiger partial charge is 0.480 e. The molecule has 0 aromatic carbocycles. The molecule has 2 unspecified atom stereocenters. The van der Waals surface area contributed by atoms with Crippen molar-refractivity contribution in [1.29, 1.82) is 0 Å². The molecule has 0 saturated carbocycles. The van der Waals surface area contributed by atoms with Crippen LogP contribution < -0.4 is 0 Å². The van der Waals surface area contributed by atoms with Gasteiger partial charge in [-0.1, -0.05) is 12.7 Å². The predicted molar refractivity (Wildman–Crippen MR) is 57.6 cm³/mol. The van der Waals surface area contributed by atoms with Gasteiger partial charge >= 0.3 is 12.1 Å². The zero-order valence-corrected chi connectivity index (χ0v) is 9.44. The highest BCUT2D eigenvalue weighted by Crippen LogP contribution is 2.11. The fourth-order valence-electron chi connectivity index (χ4n) is 1.34. The molecule has 0 aromatic rings. The molecule has 1 N–H and O–H groups in total. The lowest BCUT2D eigenvalue weighted by Gasteiger charge is -2.31. The first-order valence-electron chi connectivity index (χ1n) is 4.68. The van der Waals surface area contributed by atoms with Crippen LogP contribution in [0, 0.1) is 0 Å². The van der Waals surface area contributed by atoms with Crippen LogP contribution >= 0.6 is 0 Å². The molecule has 1 aliphatic rings. The van der Waals surface area contributed by atoms with E-state index in [4.69, 9.17) is 9.84 Å². The van der Waals surface area contributed by atoms with Crippen LogP contribution in [0.1, 0.15) is 0 Å². The van der Waals surface area contributed by atoms with E-state index in [1.807, 2.05) is 0 Å². The van der Waals surface area contributed by atoms with Gasteiger partial charge in [-0.2, -0.15) is 0 Å². The van der Waals surface area contributed by atoms with Crippen molar-refractivity contribution in [2.24, 2.45) is 0 Å². The number of carbonyl (C=O) groups is 2. The Kier molecular flexibility index (Phi) is 4.48. The van der Waals surface area contributed by atoms with Crippen LogP contribution in [-0.2, 0) is 20.3 Å². The summed E-state index contributed by atoms with van der Waals surface area (Å²) in [6.45, 7) is 3.55. The van der Waals surface area contributed by atoms with Crippen LogP contribution in [0.5, 0.6) is 0 Å². The van der Waals surface area contributed by atoms with E-state index in [9.17, 15) is 13.8 Å². The Morgan fingerprint density at radius 2 is 2.31 bits per heavy atom. The van der Waals surface area contributed by atoms with Gasteiger partial charge in [-0.05, 0) is 0 Å². The van der Waals surface area contributed by atoms with Crippen LogP contribution in [0.25, 0.3) is 0 Å². The molecule has 0 spiro atoms. The normalized spacial score (nSPS) is 24.9. The second kappa shape index (κ2) is 5.64. The molecule has 90 valence electrons. The molecule has 2 atom stereocenters. The van der Waals surface area contributed by atoms with Crippen molar-refractivity contribution in [3.8, 4) is 0 Å². The summed E-state index contributed by atoms with van der Waals surface area (Å²) in [6.07, 6.45) is 0.694. The Bertz CT molecular complexity index is 330. The Morgan fingerprint density at radius 1 is 1.62 bits per heavy atom. The van der Waals surface area contributed by atoms with Gasteiger partial charge in [-0.3, -0.25) is 9.11 Å². The smallest absolute Gasteiger partial charge is 0.410 e. The molecule has 0 aliphatic carbocycles. The third-order valence-corrected chi connectivity index (χ3v) is 3.45. The van der Waals surface area contributed by atoms with Crippen molar-refractivity contribution in [3.05, 3.63) is 12.7 Å². The van der Waals surface area contributed by atoms with E-state index in [0.717, 1.165) is 4.90 Å². The average Bonchev–Trinajstić information content (AvgIpc) is 2.25. The average molecular weight is 247 g/mol. The quantitative estimate of drug-likeness (QED) is 0.700. The molecule has 1 fully saturated rings. The van der Waals surface area contributed by atoms with Crippen LogP contribution in [0.3, 0.4) is 0 Å². The first-order chi connectivity index (χ1) is 7.56. The number of rotatable bonds is 3. The van der Waals surface area contributed by atoms with Gasteiger partial charge in [0.15, 0.2) is 0 Å². The molecule has 7 heteroatoms. The Labute approximate surface area is 95.3 Å². The number of hydrogen-bond donors (Lipinski definition) is 1. The number of aliphatic carboxylic acids is 1. The van der Waals surface area contributed by atoms with Gasteiger partial charge < -0.3 is 9.84 Å². The molecule has 1 amide bonds. The van der Waals surface area contributed by atoms with Crippen LogP contribution in [0.4, 0.5) is 4.79 Å². The summed E-state index contributed by atoms with van der Waals surface area (Å²) in [4.78, 5) is 23.4. The molecule has 16 heavy (non-hydrogen) atoms. The molecule has 1 heterocycles. The number of amides is 1. The van der Waals surface area contributed by atoms with Crippen molar-refractivity contribution in [2.75, 3.05) is 24.7 Å². The molecular formula is C9H13NO5S. The Balaban J connectivity index is 2.68. The number of ether oxygens (including phenoxy) is 1. The zero-order chi connectivity index (χ0) is 12.1. The SMILES string of the molecule is C=CCOC(=O)N1CCS(=O)CC1C(=O)O. The van der Waals surface area contributed by atoms with Crippen LogP contribution in [-0.4, -0.2) is 57.0 Å². The maximum atomic E-state index is 11.5. The first kappa shape index (κ1) is 12.7. The summed E-state index contributed by atoms with van der Waals surface area (Å²) in [5, 5.41) is 8.90. The van der Waals surface area contributed by atoms with Crippen molar-refractivity contribution >= 4 is 22.9 Å². The summed E-state index contributed by atoms with van der Waals surface area (Å²) in [5.41, 5.74) is 0. The van der Waals surface area contributed by atoms with Crippen molar-refractivity contribution in [3.63, 3.8) is 0 Å². The van der Waals surface area contributed by atoms with Crippen LogP contribution in [0.2, 0.25) is 0 Å². The second-order valence-electron chi connectivity index (χ2n) is 3.22. The summed E-state index contributed by atoms with van der Waals surface area (Å²) < 4.78 is 16.0. The molecule has 1 aliphatic heterocycles. The lowest BCUT2D eigenvalue weighted by atomic mass is 10.3. The summed E-state index contributed by atoms with van der Waals surface area (Å²) in [6, 6.07) is -1.06. The zero-order valence-electron chi connectivity index (χ0n) is 8.63. The first-order valence-corrected chi connectivity index (χ1v) is 6.17. The molecule has 0 bridgehead atoms. The Morgan fingerprint density at radius 3 is 2.88 bits per heavy atom. The molecular weight excluding hydrogens is 234 g/mol. The molecule has 0 radical (unpaired) electrons. The fourth-order valence-corrected chi connectivity index (χ4v) is 2.58. The summed E-state index contributed by atoms with van der Waals surface area (Å²) in [5.74, 6) is -0.922. The maximum absolute atomic E-state index is 11.5. The number of carbonyl (C=O) groups excluding carboxylic acids is 1. The number of hydrogen-bond acceptors (Lipinski definition) is 4. The maximum Gasteiger partial charge on any atom is 0.410 e. The van der Waals surface area contributed by atoms with Crippen molar-refractivity contribution in [1.82, 2.24) is 4.90 Å². The second-order valence-corrected chi connectivity index (χ2v) is 4.84. The standard InChI is InChI=1S/C9H13NO5S/c1-2-4-15-9(13)10-3-5-16(14)6-7(10)8(11)12/h2,7H,1,3-6H2,(H,11,12). The van der Waals surface area contributed by atoms with Gasteiger partial charge in [0.1, 0.15) is 12.6 Å². The Hall–Kier alpha value is -1.37. The van der Waals surface area contributed by atoms with E-state index in [-0.39, 0.29) is 24.7 Å². The molecule has 0 aromatic heterocycles. The summed E-state index contributed by atoms with van der Waals surface area (Å²) >= 11 is 0. The highest BCUT2D eigenvalue weighted by Gasteiger charge is 2.35. The van der Waals surface area contributed by atoms with E-state index < -0.39 is 28.9 Å². The minimum absolute atomic E-state index is 0.0325. The van der Waals surface area contributed by atoms with Gasteiger partial charge in [-0.15, -0.1) is 0 Å². The van der Waals surface area contributed by atoms with Gasteiger partial charge in [0, 0.05) is 23.1 Å². The number of carboxylic acid groups (broad SMARTS) is 1. The van der Waals surface area contributed by atoms with Gasteiger partial charge in [0.25, 0.3) is 0 Å². The summed E-state index contributed by atoms with van der Waals surface area (Å²) in [7, 11) is -1.18. The highest BCUT2D eigenvalue weighted by molar-refractivity contribution is 7.85. The van der Waals surface area contributed by atoms with E-state index in [1.54, 1.807) is 0 Å². The fraction of sp³-hybridized carbons (Fsp3) is 0.556. The predicted octanol–water partition coefficient (Wildman–Crippen LogP) is -0.174. The van der Waals surface area contributed by atoms with E-state index >= 15 is 0 Å². The molecule has 1 saturated heterocycles. The van der Waals surface area contributed by atoms with Crippen LogP contribution in [0.15, 0.2) is 12.7 Å². The van der Waals surface area contributed by atoms with Gasteiger partial charge in [-0.25, -0.2) is 9.59 Å². The van der Waals surface area contributed by atoms with Crippen molar-refractivity contribution < 1.29 is 23.6 Å². The number of nitrogens with zero attached hydrogens (tertiary/aromatic N) is 1. The van der Waals surface area contributed by atoms with Gasteiger partial charge in [0.2, 0.25) is 0 Å². The topological polar surface area (TPSA) is 83.9 Å². The number of carboxylic acids is 1. The van der Waals surface area contributed by atoms with E-state index in [1.165, 1.54) is 6.08 Å². The monoisotopic (exact) mass is 247 g/mol. The van der Waals surface area contributed by atoms with E-state index in [0.29, 0.717) is 0 Å². The highest BCUT2D eigenvalue weighted by atomic mass is 32.2. The molecule has 1 rings (SSSR count). The minimum Gasteiger partial charge on any atom is -0.480 e. The van der Waals surface area contributed by atoms with E-state index in [2.05, 4.69) is 6.58 Å². The lowest BCUT2D eigenvalue weighted by Crippen LogP contribution is -2.53. The van der Waals surface area contributed by atoms with Crippen molar-refractivity contribution in [2.45, 2.75) is 6.04 Å². The lowest BCUT2D eigenvalue weighted by molar-refractivity contribution is -0.141. The molecule has 6 nitrogen and oxygen atoms in total.